The first-order chi connectivity index (χ1) is 11.6. The number of hydrogen-bond donors (Lipinski definition) is 0. The van der Waals surface area contributed by atoms with Gasteiger partial charge in [-0.2, -0.15) is 0 Å². The van der Waals surface area contributed by atoms with Gasteiger partial charge in [-0.1, -0.05) is 0 Å². The molecule has 2 saturated heterocycles. The van der Waals surface area contributed by atoms with Crippen molar-refractivity contribution in [1.82, 2.24) is 14.8 Å². The Morgan fingerprint density at radius 3 is 2.46 bits per heavy atom. The van der Waals surface area contributed by atoms with E-state index < -0.39 is 0 Å². The zero-order valence-electron chi connectivity index (χ0n) is 14.9. The van der Waals surface area contributed by atoms with E-state index in [1.54, 1.807) is 12.4 Å². The first-order valence-electron chi connectivity index (χ1n) is 9.23. The molecule has 0 spiro atoms. The molecule has 5 heteroatoms. The van der Waals surface area contributed by atoms with Gasteiger partial charge in [0.15, 0.2) is 0 Å². The van der Waals surface area contributed by atoms with Crippen LogP contribution >= 0.6 is 0 Å². The minimum atomic E-state index is 0.195. The number of carbonyl (C=O) groups is 1. The van der Waals surface area contributed by atoms with Gasteiger partial charge in [0.2, 0.25) is 5.91 Å². The van der Waals surface area contributed by atoms with Gasteiger partial charge in [-0.3, -0.25) is 9.78 Å². The highest BCUT2D eigenvalue weighted by Crippen LogP contribution is 2.24. The van der Waals surface area contributed by atoms with Crippen LogP contribution in [-0.4, -0.2) is 59.0 Å². The zero-order chi connectivity index (χ0) is 16.9. The summed E-state index contributed by atoms with van der Waals surface area (Å²) in [6.45, 7) is 8.19. The van der Waals surface area contributed by atoms with Gasteiger partial charge in [0.1, 0.15) is 11.9 Å². The number of piperidine rings is 2. The molecule has 1 aromatic heterocycles. The monoisotopic (exact) mass is 331 g/mol. The summed E-state index contributed by atoms with van der Waals surface area (Å²) in [5.41, 5.74) is 0. The molecule has 0 bridgehead atoms. The van der Waals surface area contributed by atoms with Gasteiger partial charge in [0.25, 0.3) is 0 Å². The van der Waals surface area contributed by atoms with Gasteiger partial charge in [0, 0.05) is 44.1 Å². The normalized spacial score (nSPS) is 21.2. The lowest BCUT2D eigenvalue weighted by molar-refractivity contribution is -0.139. The predicted molar refractivity (Wildman–Crippen MR) is 93.9 cm³/mol. The molecule has 1 amide bonds. The second-order valence-corrected chi connectivity index (χ2v) is 7.24. The number of rotatable bonds is 4. The molecular weight excluding hydrogens is 302 g/mol. The summed E-state index contributed by atoms with van der Waals surface area (Å²) in [6, 6.07) is 4.41. The molecular formula is C19H29N3O2. The Labute approximate surface area is 145 Å². The van der Waals surface area contributed by atoms with Gasteiger partial charge in [0.05, 0.1) is 6.20 Å². The molecule has 132 valence electrons. The fourth-order valence-corrected chi connectivity index (χ4v) is 3.72. The van der Waals surface area contributed by atoms with Gasteiger partial charge in [-0.15, -0.1) is 0 Å². The van der Waals surface area contributed by atoms with Crippen molar-refractivity contribution < 1.29 is 9.53 Å². The third kappa shape index (κ3) is 4.26. The van der Waals surface area contributed by atoms with Crippen LogP contribution in [0.3, 0.4) is 0 Å². The maximum Gasteiger partial charge on any atom is 0.225 e. The summed E-state index contributed by atoms with van der Waals surface area (Å²) < 4.78 is 5.96. The summed E-state index contributed by atoms with van der Waals surface area (Å²) >= 11 is 0. The Kier molecular flexibility index (Phi) is 5.72. The summed E-state index contributed by atoms with van der Waals surface area (Å²) in [5.74, 6) is 1.40. The molecule has 0 saturated carbocycles. The average molecular weight is 331 g/mol. The van der Waals surface area contributed by atoms with Crippen LogP contribution in [0.5, 0.6) is 5.75 Å². The van der Waals surface area contributed by atoms with Crippen molar-refractivity contribution in [3.63, 3.8) is 0 Å². The highest BCUT2D eigenvalue weighted by molar-refractivity contribution is 5.79. The molecule has 5 nitrogen and oxygen atoms in total. The van der Waals surface area contributed by atoms with Crippen LogP contribution < -0.4 is 4.74 Å². The smallest absolute Gasteiger partial charge is 0.225 e. The van der Waals surface area contributed by atoms with E-state index in [0.717, 1.165) is 57.6 Å². The molecule has 2 aliphatic rings. The highest BCUT2D eigenvalue weighted by Gasteiger charge is 2.31. The Hall–Kier alpha value is -1.62. The molecule has 0 N–H and O–H groups in total. The molecule has 0 aromatic carbocycles. The molecule has 3 rings (SSSR count). The fraction of sp³-hybridized carbons (Fsp3) is 0.684. The summed E-state index contributed by atoms with van der Waals surface area (Å²) in [7, 11) is 0. The number of nitrogens with zero attached hydrogens (tertiary/aromatic N) is 3. The molecule has 0 atom stereocenters. The topological polar surface area (TPSA) is 45.7 Å². The average Bonchev–Trinajstić information content (AvgIpc) is 2.63. The molecule has 24 heavy (non-hydrogen) atoms. The van der Waals surface area contributed by atoms with Crippen LogP contribution in [0.2, 0.25) is 0 Å². The molecule has 0 radical (unpaired) electrons. The van der Waals surface area contributed by atoms with Crippen molar-refractivity contribution in [2.45, 2.75) is 51.7 Å². The molecule has 3 heterocycles. The van der Waals surface area contributed by atoms with Crippen molar-refractivity contribution in [2.75, 3.05) is 26.2 Å². The van der Waals surface area contributed by atoms with E-state index in [1.807, 2.05) is 12.1 Å². The minimum Gasteiger partial charge on any atom is -0.489 e. The van der Waals surface area contributed by atoms with Crippen LogP contribution in [-0.2, 0) is 4.79 Å². The molecule has 0 aliphatic carbocycles. The number of carbonyl (C=O) groups excluding carboxylic acids is 1. The number of amides is 1. The highest BCUT2D eigenvalue weighted by atomic mass is 16.5. The van der Waals surface area contributed by atoms with Crippen molar-refractivity contribution in [2.24, 2.45) is 5.92 Å². The van der Waals surface area contributed by atoms with E-state index in [1.165, 1.54) is 0 Å². The first kappa shape index (κ1) is 17.2. The van der Waals surface area contributed by atoms with Crippen molar-refractivity contribution in [3.05, 3.63) is 24.5 Å². The molecule has 0 unspecified atom stereocenters. The molecule has 2 fully saturated rings. The van der Waals surface area contributed by atoms with Gasteiger partial charge < -0.3 is 14.5 Å². The van der Waals surface area contributed by atoms with E-state index >= 15 is 0 Å². The van der Waals surface area contributed by atoms with E-state index in [4.69, 9.17) is 4.74 Å². The summed E-state index contributed by atoms with van der Waals surface area (Å²) in [4.78, 5) is 21.4. The van der Waals surface area contributed by atoms with E-state index in [2.05, 4.69) is 28.6 Å². The standard InChI is InChI=1S/C19H29N3O2/c1-15(2)21-10-5-16(6-11-21)19(23)22-12-7-17(8-13-22)24-18-4-3-9-20-14-18/h3-4,9,14-17H,5-8,10-13H2,1-2H3. The summed E-state index contributed by atoms with van der Waals surface area (Å²) in [5, 5.41) is 0. The van der Waals surface area contributed by atoms with Gasteiger partial charge in [-0.25, -0.2) is 0 Å². The maximum atomic E-state index is 12.8. The maximum absolute atomic E-state index is 12.8. The van der Waals surface area contributed by atoms with E-state index in [0.29, 0.717) is 11.9 Å². The lowest BCUT2D eigenvalue weighted by atomic mass is 9.93. The van der Waals surface area contributed by atoms with E-state index in [9.17, 15) is 4.79 Å². The Bertz CT molecular complexity index is 519. The number of likely N-dealkylation sites (tertiary alicyclic amines) is 2. The number of pyridine rings is 1. The van der Waals surface area contributed by atoms with Crippen LogP contribution in [0.1, 0.15) is 39.5 Å². The van der Waals surface area contributed by atoms with Crippen LogP contribution in [0.25, 0.3) is 0 Å². The lowest BCUT2D eigenvalue weighted by Crippen LogP contribution is -2.47. The number of hydrogen-bond acceptors (Lipinski definition) is 4. The van der Waals surface area contributed by atoms with Crippen molar-refractivity contribution in [1.29, 1.82) is 0 Å². The van der Waals surface area contributed by atoms with Crippen LogP contribution in [0.4, 0.5) is 0 Å². The molecule has 1 aromatic rings. The van der Waals surface area contributed by atoms with Crippen molar-refractivity contribution in [3.8, 4) is 5.75 Å². The molecule has 2 aliphatic heterocycles. The van der Waals surface area contributed by atoms with Crippen molar-refractivity contribution >= 4 is 5.91 Å². The minimum absolute atomic E-state index is 0.195. The fourth-order valence-electron chi connectivity index (χ4n) is 3.72. The second-order valence-electron chi connectivity index (χ2n) is 7.24. The quantitative estimate of drug-likeness (QED) is 0.851. The van der Waals surface area contributed by atoms with E-state index in [-0.39, 0.29) is 12.0 Å². The zero-order valence-corrected chi connectivity index (χ0v) is 14.9. The Morgan fingerprint density at radius 2 is 1.88 bits per heavy atom. The first-order valence-corrected chi connectivity index (χ1v) is 9.23. The van der Waals surface area contributed by atoms with Gasteiger partial charge in [-0.05, 0) is 51.9 Å². The summed E-state index contributed by atoms with van der Waals surface area (Å²) in [6.07, 6.45) is 7.52. The predicted octanol–water partition coefficient (Wildman–Crippen LogP) is 2.57. The SMILES string of the molecule is CC(C)N1CCC(C(=O)N2CCC(Oc3cccnc3)CC2)CC1. The second kappa shape index (κ2) is 7.97. The lowest BCUT2D eigenvalue weighted by Gasteiger charge is -2.38. The largest absolute Gasteiger partial charge is 0.489 e. The third-order valence-corrected chi connectivity index (χ3v) is 5.30. The van der Waals surface area contributed by atoms with Crippen LogP contribution in [0.15, 0.2) is 24.5 Å². The van der Waals surface area contributed by atoms with Gasteiger partial charge >= 0.3 is 0 Å². The number of ether oxygens (including phenoxy) is 1. The Morgan fingerprint density at radius 1 is 1.17 bits per heavy atom. The Balaban J connectivity index is 1.44. The van der Waals surface area contributed by atoms with Crippen LogP contribution in [0, 0.1) is 5.92 Å². The third-order valence-electron chi connectivity index (χ3n) is 5.30. The number of aromatic nitrogens is 1.